The van der Waals surface area contributed by atoms with Crippen LogP contribution in [0.5, 0.6) is 0 Å². The van der Waals surface area contributed by atoms with Gasteiger partial charge in [-0.05, 0) is 116 Å². The molecule has 5 rings (SSSR count). The maximum Gasteiger partial charge on any atom is 0.303 e. The molecule has 1 heterocycles. The third kappa shape index (κ3) is 7.88. The summed E-state index contributed by atoms with van der Waals surface area (Å²) in [7, 11) is 0. The van der Waals surface area contributed by atoms with Crippen LogP contribution in [0, 0.1) is 58.2 Å². The van der Waals surface area contributed by atoms with Crippen LogP contribution in [0.3, 0.4) is 0 Å². The summed E-state index contributed by atoms with van der Waals surface area (Å²) >= 11 is 0. The molecule has 0 aromatic heterocycles. The minimum atomic E-state index is -1.61. The first kappa shape index (κ1) is 40.0. The Morgan fingerprint density at radius 1 is 0.804 bits per heavy atom. The number of ether oxygens (including phenoxy) is 4. The van der Waals surface area contributed by atoms with Crippen molar-refractivity contribution in [1.82, 2.24) is 5.32 Å². The third-order valence-electron chi connectivity index (χ3n) is 14.8. The van der Waals surface area contributed by atoms with Gasteiger partial charge in [0.1, 0.15) is 18.2 Å². The van der Waals surface area contributed by atoms with Gasteiger partial charge in [-0.15, -0.1) is 0 Å². The van der Waals surface area contributed by atoms with E-state index in [2.05, 4.69) is 39.9 Å². The van der Waals surface area contributed by atoms with Crippen molar-refractivity contribution < 1.29 is 43.2 Å². The van der Waals surface area contributed by atoms with Crippen molar-refractivity contribution in [2.75, 3.05) is 6.61 Å². The van der Waals surface area contributed by atoms with Gasteiger partial charge in [-0.2, -0.15) is 0 Å². The lowest BCUT2D eigenvalue weighted by Gasteiger charge is -2.63. The molecule has 10 nitrogen and oxygen atoms in total. The van der Waals surface area contributed by atoms with Crippen molar-refractivity contribution in [3.8, 4) is 0 Å². The molecule has 1 aliphatic heterocycles. The van der Waals surface area contributed by atoms with Crippen molar-refractivity contribution in [2.45, 2.75) is 170 Å². The summed E-state index contributed by atoms with van der Waals surface area (Å²) in [6.07, 6.45) is 9.77. The molecule has 1 saturated heterocycles. The Morgan fingerprint density at radius 3 is 2.10 bits per heavy atom. The lowest BCUT2D eigenvalue weighted by molar-refractivity contribution is -0.326. The fraction of sp³-hybridized carbons (Fsp3) is 0.902. The molecule has 4 saturated carbocycles. The molecule has 1 amide bonds. The van der Waals surface area contributed by atoms with Crippen LogP contribution in [0.25, 0.3) is 0 Å². The molecule has 0 aromatic carbocycles. The zero-order chi connectivity index (χ0) is 37.5. The summed E-state index contributed by atoms with van der Waals surface area (Å²) in [6, 6.07) is -1.20. The van der Waals surface area contributed by atoms with Crippen LogP contribution in [0.2, 0.25) is 0 Å². The monoisotopic (exact) mass is 717 g/mol. The Balaban J connectivity index is 1.41. The van der Waals surface area contributed by atoms with E-state index in [0.717, 1.165) is 48.9 Å². The van der Waals surface area contributed by atoms with E-state index in [4.69, 9.17) is 18.9 Å². The van der Waals surface area contributed by atoms with Gasteiger partial charge in [-0.1, -0.05) is 53.9 Å². The standard InChI is InChI=1S/C41H67NO9/c1-23(2)11-10-12-24(3)32-15-16-33-31-14-13-29-21-30(17-19-39(29,8)34(31)18-20-40(32,33)9)41(22-48-26(5)44)37(50-28(7)46)36(49-27(6)45)35(38(47)51-41)42-25(4)43/h23-24,29-38,47H,10-22H2,1-9H3,(H,42,43)/t24-,29?,30?,31+,32-,33+,34+,35+,36-,37+,38+,39+,40-,41+/m1/s1. The highest BCUT2D eigenvalue weighted by molar-refractivity contribution is 5.73. The second kappa shape index (κ2) is 15.6. The average Bonchev–Trinajstić information content (AvgIpc) is 3.39. The number of aliphatic hydroxyl groups is 1. The predicted octanol–water partition coefficient (Wildman–Crippen LogP) is 6.74. The lowest BCUT2D eigenvalue weighted by Crippen LogP contribution is -2.73. The van der Waals surface area contributed by atoms with Crippen LogP contribution in [-0.2, 0) is 38.1 Å². The Morgan fingerprint density at radius 2 is 1.47 bits per heavy atom. The number of nitrogens with one attached hydrogen (secondary N) is 1. The van der Waals surface area contributed by atoms with Gasteiger partial charge in [-0.25, -0.2) is 0 Å². The summed E-state index contributed by atoms with van der Waals surface area (Å²) in [4.78, 5) is 49.6. The molecule has 0 bridgehead atoms. The molecule has 14 atom stereocenters. The van der Waals surface area contributed by atoms with E-state index in [1.807, 2.05) is 0 Å². The smallest absolute Gasteiger partial charge is 0.303 e. The van der Waals surface area contributed by atoms with Gasteiger partial charge in [0.05, 0.1) is 0 Å². The van der Waals surface area contributed by atoms with Crippen molar-refractivity contribution in [3.63, 3.8) is 0 Å². The second-order valence-electron chi connectivity index (χ2n) is 18.2. The maximum absolute atomic E-state index is 12.7. The van der Waals surface area contributed by atoms with Crippen molar-refractivity contribution in [2.24, 2.45) is 58.2 Å². The van der Waals surface area contributed by atoms with Crippen molar-refractivity contribution in [1.29, 1.82) is 0 Å². The van der Waals surface area contributed by atoms with Crippen LogP contribution < -0.4 is 5.32 Å². The Labute approximate surface area is 306 Å². The van der Waals surface area contributed by atoms with E-state index < -0.39 is 54.0 Å². The number of esters is 3. The number of carbonyl (C=O) groups is 4. The van der Waals surface area contributed by atoms with Crippen LogP contribution in [0.4, 0.5) is 0 Å². The average molecular weight is 718 g/mol. The van der Waals surface area contributed by atoms with E-state index in [9.17, 15) is 24.3 Å². The summed E-state index contributed by atoms with van der Waals surface area (Å²) in [5.41, 5.74) is -0.964. The number of aliphatic hydroxyl groups excluding tert-OH is 1. The van der Waals surface area contributed by atoms with Gasteiger partial charge in [0.25, 0.3) is 0 Å². The van der Waals surface area contributed by atoms with E-state index in [-0.39, 0.29) is 17.9 Å². The summed E-state index contributed by atoms with van der Waals surface area (Å²) < 4.78 is 23.8. The van der Waals surface area contributed by atoms with Gasteiger partial charge in [-0.3, -0.25) is 19.2 Å². The number of amides is 1. The van der Waals surface area contributed by atoms with E-state index in [1.165, 1.54) is 79.1 Å². The number of fused-ring (bicyclic) bond motifs is 5. The molecule has 0 aromatic rings. The normalized spacial score (nSPS) is 42.5. The van der Waals surface area contributed by atoms with E-state index >= 15 is 0 Å². The topological polar surface area (TPSA) is 137 Å². The zero-order valence-corrected chi connectivity index (χ0v) is 32.8. The molecule has 5 fully saturated rings. The molecule has 0 spiro atoms. The molecule has 2 N–H and O–H groups in total. The van der Waals surface area contributed by atoms with E-state index in [1.54, 1.807) is 0 Å². The molecule has 5 aliphatic rings. The number of hydrogen-bond acceptors (Lipinski definition) is 9. The van der Waals surface area contributed by atoms with Crippen LogP contribution in [-0.4, -0.2) is 65.7 Å². The molecular weight excluding hydrogens is 650 g/mol. The van der Waals surface area contributed by atoms with Crippen molar-refractivity contribution in [3.05, 3.63) is 0 Å². The molecule has 10 heteroatoms. The number of rotatable bonds is 11. The van der Waals surface area contributed by atoms with Crippen LogP contribution >= 0.6 is 0 Å². The number of carbonyl (C=O) groups excluding carboxylic acids is 4. The first-order valence-electron chi connectivity index (χ1n) is 20.0. The van der Waals surface area contributed by atoms with Gasteiger partial charge in [0.15, 0.2) is 18.5 Å². The minimum absolute atomic E-state index is 0.128. The minimum Gasteiger partial charge on any atom is -0.463 e. The first-order chi connectivity index (χ1) is 23.9. The SMILES string of the molecule is CC(=O)N[C@H]1[C@@H](OC(C)=O)[C@H](OC(C)=O)[C@](COC(C)=O)(C2CC[C@@]3(C)C(CC[C@H]4[C@@H]5CC[C@H]([C@H](C)CCCC(C)C)[C@@]5(C)CC[C@@H]43)C2)O[C@@H]1O. The molecule has 4 aliphatic carbocycles. The van der Waals surface area contributed by atoms with Gasteiger partial charge in [0.2, 0.25) is 5.91 Å². The fourth-order valence-corrected chi connectivity index (χ4v) is 12.6. The lowest BCUT2D eigenvalue weighted by atomic mass is 9.43. The highest BCUT2D eigenvalue weighted by Gasteiger charge is 2.66. The first-order valence-corrected chi connectivity index (χ1v) is 20.0. The van der Waals surface area contributed by atoms with Crippen LogP contribution in [0.15, 0.2) is 0 Å². The third-order valence-corrected chi connectivity index (χ3v) is 14.8. The highest BCUT2D eigenvalue weighted by atomic mass is 16.7. The Bertz CT molecular complexity index is 1290. The molecule has 290 valence electrons. The summed E-state index contributed by atoms with van der Waals surface area (Å²) in [5, 5.41) is 14.1. The fourth-order valence-electron chi connectivity index (χ4n) is 12.6. The van der Waals surface area contributed by atoms with E-state index in [0.29, 0.717) is 23.7 Å². The quantitative estimate of drug-likeness (QED) is 0.176. The highest BCUT2D eigenvalue weighted by Crippen LogP contribution is 2.69. The summed E-state index contributed by atoms with van der Waals surface area (Å²) in [6.45, 7) is 17.1. The maximum atomic E-state index is 12.7. The number of hydrogen-bond donors (Lipinski definition) is 2. The largest absolute Gasteiger partial charge is 0.463 e. The van der Waals surface area contributed by atoms with Crippen molar-refractivity contribution >= 4 is 23.8 Å². The molecule has 51 heavy (non-hydrogen) atoms. The zero-order valence-electron chi connectivity index (χ0n) is 32.8. The molecule has 0 radical (unpaired) electrons. The van der Waals surface area contributed by atoms with Gasteiger partial charge < -0.3 is 29.4 Å². The summed E-state index contributed by atoms with van der Waals surface area (Å²) in [5.74, 6) is 2.21. The van der Waals surface area contributed by atoms with Gasteiger partial charge >= 0.3 is 17.9 Å². The van der Waals surface area contributed by atoms with Crippen LogP contribution in [0.1, 0.15) is 139 Å². The Kier molecular flexibility index (Phi) is 12.3. The molecular formula is C41H67NO9. The molecule has 2 unspecified atom stereocenters. The second-order valence-corrected chi connectivity index (χ2v) is 18.2. The van der Waals surface area contributed by atoms with Gasteiger partial charge in [0, 0.05) is 27.7 Å². The predicted molar refractivity (Wildman–Crippen MR) is 192 cm³/mol. The Hall–Kier alpha value is -2.20.